The van der Waals surface area contributed by atoms with Gasteiger partial charge in [0, 0.05) is 19.7 Å². The fourth-order valence-electron chi connectivity index (χ4n) is 2.39. The van der Waals surface area contributed by atoms with Gasteiger partial charge in [0.2, 0.25) is 5.91 Å². The van der Waals surface area contributed by atoms with Crippen LogP contribution in [-0.4, -0.2) is 38.8 Å². The fraction of sp³-hybridized carbons (Fsp3) is 0.923. The molecule has 1 saturated carbocycles. The maximum absolute atomic E-state index is 11.6. The zero-order valence-corrected chi connectivity index (χ0v) is 11.3. The number of amides is 1. The van der Waals surface area contributed by atoms with Gasteiger partial charge in [0.15, 0.2) is 0 Å². The quantitative estimate of drug-likeness (QED) is 0.674. The molecule has 1 amide bonds. The van der Waals surface area contributed by atoms with Crippen LogP contribution in [0.15, 0.2) is 0 Å². The molecular weight excluding hydrogens is 216 g/mol. The van der Waals surface area contributed by atoms with Crippen LogP contribution in [0.3, 0.4) is 0 Å². The van der Waals surface area contributed by atoms with Gasteiger partial charge in [-0.25, -0.2) is 0 Å². The largest absolute Gasteiger partial charge is 0.383 e. The van der Waals surface area contributed by atoms with Crippen LogP contribution in [0.4, 0.5) is 0 Å². The molecule has 0 saturated heterocycles. The predicted octanol–water partition coefficient (Wildman–Crippen LogP) is 1.31. The second-order valence-corrected chi connectivity index (χ2v) is 5.23. The van der Waals surface area contributed by atoms with Crippen LogP contribution in [0, 0.1) is 5.41 Å². The summed E-state index contributed by atoms with van der Waals surface area (Å²) < 4.78 is 4.97. The second kappa shape index (κ2) is 6.97. The first-order chi connectivity index (χ1) is 8.12. The Morgan fingerprint density at radius 1 is 1.47 bits per heavy atom. The van der Waals surface area contributed by atoms with E-state index in [0.29, 0.717) is 18.6 Å². The molecule has 17 heavy (non-hydrogen) atoms. The highest BCUT2D eigenvalue weighted by Crippen LogP contribution is 2.42. The highest BCUT2D eigenvalue weighted by molar-refractivity contribution is 5.78. The molecule has 4 nitrogen and oxygen atoms in total. The zero-order chi connectivity index (χ0) is 12.7. The van der Waals surface area contributed by atoms with Gasteiger partial charge in [-0.2, -0.15) is 0 Å². The van der Waals surface area contributed by atoms with Gasteiger partial charge in [-0.3, -0.25) is 4.79 Å². The summed E-state index contributed by atoms with van der Waals surface area (Å²) in [4.78, 5) is 11.6. The van der Waals surface area contributed by atoms with Gasteiger partial charge in [0.1, 0.15) is 0 Å². The van der Waals surface area contributed by atoms with Gasteiger partial charge in [-0.1, -0.05) is 13.3 Å². The maximum Gasteiger partial charge on any atom is 0.234 e. The van der Waals surface area contributed by atoms with E-state index in [0.717, 1.165) is 6.54 Å². The Kier molecular flexibility index (Phi) is 5.92. The lowest BCUT2D eigenvalue weighted by Gasteiger charge is -2.41. The minimum atomic E-state index is 0.0557. The van der Waals surface area contributed by atoms with E-state index in [1.165, 1.54) is 25.7 Å². The number of hydrogen-bond acceptors (Lipinski definition) is 3. The molecule has 1 unspecified atom stereocenters. The van der Waals surface area contributed by atoms with Crippen molar-refractivity contribution in [2.24, 2.45) is 5.41 Å². The van der Waals surface area contributed by atoms with Gasteiger partial charge in [-0.05, 0) is 31.6 Å². The molecule has 1 aliphatic rings. The maximum atomic E-state index is 11.6. The molecule has 0 aromatic carbocycles. The van der Waals surface area contributed by atoms with Crippen molar-refractivity contribution in [3.05, 3.63) is 0 Å². The van der Waals surface area contributed by atoms with E-state index in [1.807, 2.05) is 6.92 Å². The number of hydrogen-bond donors (Lipinski definition) is 2. The van der Waals surface area contributed by atoms with Crippen LogP contribution in [0.2, 0.25) is 0 Å². The molecule has 0 aliphatic heterocycles. The normalized spacial score (nSPS) is 19.5. The van der Waals surface area contributed by atoms with E-state index in [4.69, 9.17) is 4.74 Å². The molecule has 2 N–H and O–H groups in total. The third-order valence-electron chi connectivity index (χ3n) is 3.77. The minimum Gasteiger partial charge on any atom is -0.383 e. The summed E-state index contributed by atoms with van der Waals surface area (Å²) in [5.41, 5.74) is 0.471. The summed E-state index contributed by atoms with van der Waals surface area (Å²) in [7, 11) is 1.64. The second-order valence-electron chi connectivity index (χ2n) is 5.23. The summed E-state index contributed by atoms with van der Waals surface area (Å²) in [5, 5.41) is 6.17. The van der Waals surface area contributed by atoms with Gasteiger partial charge in [-0.15, -0.1) is 0 Å². The smallest absolute Gasteiger partial charge is 0.234 e. The predicted molar refractivity (Wildman–Crippen MR) is 68.9 cm³/mol. The molecule has 1 atom stereocenters. The van der Waals surface area contributed by atoms with Crippen molar-refractivity contribution in [3.8, 4) is 0 Å². The van der Waals surface area contributed by atoms with Crippen LogP contribution in [0.5, 0.6) is 0 Å². The van der Waals surface area contributed by atoms with E-state index < -0.39 is 0 Å². The van der Waals surface area contributed by atoms with Crippen LogP contribution in [-0.2, 0) is 9.53 Å². The Bertz CT molecular complexity index is 234. The van der Waals surface area contributed by atoms with Crippen molar-refractivity contribution in [1.29, 1.82) is 0 Å². The summed E-state index contributed by atoms with van der Waals surface area (Å²) in [5.74, 6) is 0.0557. The standard InChI is InChI=1S/C13H26N2O2/c1-4-13(6-5-7-13)10-14-8-12(16)15-11(2)9-17-3/h11,14H,4-10H2,1-3H3,(H,15,16). The van der Waals surface area contributed by atoms with Gasteiger partial charge in [0.25, 0.3) is 0 Å². The molecule has 0 aromatic rings. The van der Waals surface area contributed by atoms with Crippen molar-refractivity contribution < 1.29 is 9.53 Å². The average Bonchev–Trinajstić information content (AvgIpc) is 2.22. The lowest BCUT2D eigenvalue weighted by Crippen LogP contribution is -2.45. The van der Waals surface area contributed by atoms with Crippen molar-refractivity contribution in [2.75, 3.05) is 26.8 Å². The summed E-state index contributed by atoms with van der Waals surface area (Å²) in [6.45, 7) is 6.12. The molecule has 4 heteroatoms. The molecule has 0 spiro atoms. The van der Waals surface area contributed by atoms with E-state index in [9.17, 15) is 4.79 Å². The van der Waals surface area contributed by atoms with E-state index in [1.54, 1.807) is 7.11 Å². The Morgan fingerprint density at radius 2 is 2.18 bits per heavy atom. The fourth-order valence-corrected chi connectivity index (χ4v) is 2.39. The SMILES string of the molecule is CCC1(CNCC(=O)NC(C)COC)CCC1. The van der Waals surface area contributed by atoms with Crippen molar-refractivity contribution in [1.82, 2.24) is 10.6 Å². The van der Waals surface area contributed by atoms with Gasteiger partial charge in [0.05, 0.1) is 13.2 Å². The Balaban J connectivity index is 2.11. The van der Waals surface area contributed by atoms with E-state index in [2.05, 4.69) is 17.6 Å². The molecular formula is C13H26N2O2. The Hall–Kier alpha value is -0.610. The molecule has 0 bridgehead atoms. The minimum absolute atomic E-state index is 0.0557. The summed E-state index contributed by atoms with van der Waals surface area (Å²) in [6, 6.07) is 0.0816. The first-order valence-corrected chi connectivity index (χ1v) is 6.61. The number of methoxy groups -OCH3 is 1. The molecule has 1 fully saturated rings. The zero-order valence-electron chi connectivity index (χ0n) is 11.3. The number of carbonyl (C=O) groups excluding carboxylic acids is 1. The molecule has 0 heterocycles. The Morgan fingerprint density at radius 3 is 2.65 bits per heavy atom. The molecule has 100 valence electrons. The first-order valence-electron chi connectivity index (χ1n) is 6.61. The number of carbonyl (C=O) groups is 1. The molecule has 1 aliphatic carbocycles. The first kappa shape index (κ1) is 14.5. The molecule has 1 rings (SSSR count). The summed E-state index contributed by atoms with van der Waals surface area (Å²) >= 11 is 0. The van der Waals surface area contributed by atoms with Crippen molar-refractivity contribution in [2.45, 2.75) is 45.6 Å². The van der Waals surface area contributed by atoms with Crippen LogP contribution in [0.1, 0.15) is 39.5 Å². The average molecular weight is 242 g/mol. The summed E-state index contributed by atoms with van der Waals surface area (Å²) in [6.07, 6.45) is 5.16. The van der Waals surface area contributed by atoms with Crippen LogP contribution >= 0.6 is 0 Å². The van der Waals surface area contributed by atoms with Gasteiger partial charge >= 0.3 is 0 Å². The van der Waals surface area contributed by atoms with Crippen molar-refractivity contribution >= 4 is 5.91 Å². The number of rotatable bonds is 8. The van der Waals surface area contributed by atoms with E-state index in [-0.39, 0.29) is 11.9 Å². The number of nitrogens with one attached hydrogen (secondary N) is 2. The van der Waals surface area contributed by atoms with Gasteiger partial charge < -0.3 is 15.4 Å². The monoisotopic (exact) mass is 242 g/mol. The highest BCUT2D eigenvalue weighted by Gasteiger charge is 2.34. The molecule has 0 radical (unpaired) electrons. The van der Waals surface area contributed by atoms with Crippen LogP contribution < -0.4 is 10.6 Å². The van der Waals surface area contributed by atoms with Crippen molar-refractivity contribution in [3.63, 3.8) is 0 Å². The third kappa shape index (κ3) is 4.64. The van der Waals surface area contributed by atoms with E-state index >= 15 is 0 Å². The highest BCUT2D eigenvalue weighted by atomic mass is 16.5. The molecule has 0 aromatic heterocycles. The Labute approximate surface area is 104 Å². The third-order valence-corrected chi connectivity index (χ3v) is 3.77. The lowest BCUT2D eigenvalue weighted by atomic mass is 9.67. The van der Waals surface area contributed by atoms with Crippen LogP contribution in [0.25, 0.3) is 0 Å². The number of ether oxygens (including phenoxy) is 1. The lowest BCUT2D eigenvalue weighted by molar-refractivity contribution is -0.121. The topological polar surface area (TPSA) is 50.4 Å².